The van der Waals surface area contributed by atoms with Crippen LogP contribution in [0.1, 0.15) is 70.8 Å². The molecule has 3 aliphatic carbocycles. The third-order valence-corrected chi connectivity index (χ3v) is 7.68. The SMILES string of the molecule is C[C@H](OC(=O)C1(c2cccc(F)c2)CCCC1)C(=O)N[C@@H](C)[C@@H]1C[C@H]2CC[C@H]1C2. The molecule has 1 N–H and O–H groups in total. The van der Waals surface area contributed by atoms with Gasteiger partial charge in [0.05, 0.1) is 5.41 Å². The van der Waals surface area contributed by atoms with Crippen molar-refractivity contribution in [3.8, 4) is 0 Å². The predicted octanol–water partition coefficient (Wildman–Crippen LogP) is 4.51. The van der Waals surface area contributed by atoms with E-state index in [4.69, 9.17) is 4.74 Å². The Kier molecular flexibility index (Phi) is 5.67. The maximum Gasteiger partial charge on any atom is 0.317 e. The summed E-state index contributed by atoms with van der Waals surface area (Å²) in [6, 6.07) is 6.32. The lowest BCUT2D eigenvalue weighted by Gasteiger charge is -2.31. The van der Waals surface area contributed by atoms with Crippen molar-refractivity contribution in [3.05, 3.63) is 35.6 Å². The molecule has 3 fully saturated rings. The van der Waals surface area contributed by atoms with Crippen molar-refractivity contribution in [1.29, 1.82) is 0 Å². The number of rotatable bonds is 6. The summed E-state index contributed by atoms with van der Waals surface area (Å²) in [4.78, 5) is 25.8. The number of fused-ring (bicyclic) bond motifs is 2. The van der Waals surface area contributed by atoms with Crippen LogP contribution in [0, 0.1) is 23.6 Å². The topological polar surface area (TPSA) is 55.4 Å². The lowest BCUT2D eigenvalue weighted by molar-refractivity contribution is -0.160. The second kappa shape index (κ2) is 8.08. The Hall–Kier alpha value is -1.91. The highest BCUT2D eigenvalue weighted by atomic mass is 19.1. The van der Waals surface area contributed by atoms with Crippen LogP contribution in [0.15, 0.2) is 24.3 Å². The molecule has 1 amide bonds. The molecule has 5 heteroatoms. The Morgan fingerprint density at radius 2 is 1.93 bits per heavy atom. The zero-order chi connectivity index (χ0) is 20.6. The summed E-state index contributed by atoms with van der Waals surface area (Å²) in [7, 11) is 0. The second-order valence-corrected chi connectivity index (χ2v) is 9.48. The Bertz CT molecular complexity index is 773. The van der Waals surface area contributed by atoms with E-state index >= 15 is 0 Å². The van der Waals surface area contributed by atoms with Gasteiger partial charge in [-0.1, -0.05) is 31.4 Å². The van der Waals surface area contributed by atoms with Gasteiger partial charge in [-0.05, 0) is 81.4 Å². The molecule has 5 atom stereocenters. The third-order valence-electron chi connectivity index (χ3n) is 7.68. The van der Waals surface area contributed by atoms with E-state index < -0.39 is 17.5 Å². The van der Waals surface area contributed by atoms with Gasteiger partial charge < -0.3 is 10.1 Å². The molecule has 3 saturated carbocycles. The maximum atomic E-state index is 13.8. The molecule has 4 rings (SSSR count). The smallest absolute Gasteiger partial charge is 0.317 e. The van der Waals surface area contributed by atoms with Crippen molar-refractivity contribution < 1.29 is 18.7 Å². The minimum Gasteiger partial charge on any atom is -0.452 e. The fraction of sp³-hybridized carbons (Fsp3) is 0.667. The van der Waals surface area contributed by atoms with Gasteiger partial charge in [0.2, 0.25) is 0 Å². The number of halogens is 1. The van der Waals surface area contributed by atoms with Crippen LogP contribution in [-0.4, -0.2) is 24.0 Å². The van der Waals surface area contributed by atoms with Crippen molar-refractivity contribution in [2.75, 3.05) is 0 Å². The molecule has 3 aliphatic rings. The van der Waals surface area contributed by atoms with E-state index in [1.54, 1.807) is 19.1 Å². The van der Waals surface area contributed by atoms with Gasteiger partial charge >= 0.3 is 5.97 Å². The van der Waals surface area contributed by atoms with E-state index in [9.17, 15) is 14.0 Å². The summed E-state index contributed by atoms with van der Waals surface area (Å²) in [6.07, 6.45) is 7.30. The number of esters is 1. The maximum absolute atomic E-state index is 13.8. The van der Waals surface area contributed by atoms with Gasteiger partial charge in [0.25, 0.3) is 5.91 Å². The molecule has 29 heavy (non-hydrogen) atoms. The van der Waals surface area contributed by atoms with Crippen molar-refractivity contribution in [1.82, 2.24) is 5.32 Å². The summed E-state index contributed by atoms with van der Waals surface area (Å²) < 4.78 is 19.4. The average molecular weight is 402 g/mol. The normalized spacial score (nSPS) is 29.4. The minimum absolute atomic E-state index is 0.0996. The van der Waals surface area contributed by atoms with Gasteiger partial charge in [-0.15, -0.1) is 0 Å². The molecule has 0 aliphatic heterocycles. The fourth-order valence-corrected chi connectivity index (χ4v) is 6.06. The van der Waals surface area contributed by atoms with Crippen molar-refractivity contribution in [3.63, 3.8) is 0 Å². The van der Waals surface area contributed by atoms with Gasteiger partial charge in [0, 0.05) is 6.04 Å². The Morgan fingerprint density at radius 3 is 2.55 bits per heavy atom. The van der Waals surface area contributed by atoms with E-state index in [2.05, 4.69) is 12.2 Å². The molecule has 0 heterocycles. The Morgan fingerprint density at radius 1 is 1.17 bits per heavy atom. The van der Waals surface area contributed by atoms with Crippen LogP contribution in [0.4, 0.5) is 4.39 Å². The lowest BCUT2D eigenvalue weighted by Crippen LogP contribution is -2.46. The molecular weight excluding hydrogens is 369 g/mol. The van der Waals surface area contributed by atoms with Gasteiger partial charge in [-0.25, -0.2) is 4.39 Å². The number of ether oxygens (including phenoxy) is 1. The summed E-state index contributed by atoms with van der Waals surface area (Å²) in [5.41, 5.74) is -0.185. The molecular formula is C24H32FNO3. The van der Waals surface area contributed by atoms with Crippen LogP contribution in [0.5, 0.6) is 0 Å². The largest absolute Gasteiger partial charge is 0.452 e. The molecule has 2 bridgehead atoms. The number of carbonyl (C=O) groups excluding carboxylic acids is 2. The van der Waals surface area contributed by atoms with Crippen LogP contribution in [-0.2, 0) is 19.7 Å². The fourth-order valence-electron chi connectivity index (χ4n) is 6.06. The highest BCUT2D eigenvalue weighted by Gasteiger charge is 2.46. The summed E-state index contributed by atoms with van der Waals surface area (Å²) in [5, 5.41) is 3.09. The van der Waals surface area contributed by atoms with E-state index in [-0.39, 0.29) is 17.8 Å². The quantitative estimate of drug-likeness (QED) is 0.714. The lowest BCUT2D eigenvalue weighted by atomic mass is 9.79. The molecule has 4 nitrogen and oxygen atoms in total. The predicted molar refractivity (Wildman–Crippen MR) is 109 cm³/mol. The van der Waals surface area contributed by atoms with Crippen LogP contribution in [0.25, 0.3) is 0 Å². The highest BCUT2D eigenvalue weighted by molar-refractivity contribution is 5.88. The third kappa shape index (κ3) is 3.93. The molecule has 0 saturated heterocycles. The Labute approximate surface area is 172 Å². The highest BCUT2D eigenvalue weighted by Crippen LogP contribution is 2.49. The van der Waals surface area contributed by atoms with Gasteiger partial charge in [0.15, 0.2) is 6.10 Å². The standard InChI is InChI=1S/C24H32FNO3/c1-15(21-13-17-8-9-18(21)12-17)26-22(27)16(2)29-23(28)24(10-3-4-11-24)19-6-5-7-20(25)14-19/h5-7,14-18,21H,3-4,8-13H2,1-2H3,(H,26,27)/t15-,16-,17-,18-,21-/m0/s1. The molecule has 0 aromatic heterocycles. The molecule has 0 radical (unpaired) electrons. The van der Waals surface area contributed by atoms with Crippen LogP contribution in [0.3, 0.4) is 0 Å². The van der Waals surface area contributed by atoms with Crippen LogP contribution in [0.2, 0.25) is 0 Å². The van der Waals surface area contributed by atoms with E-state index in [0.29, 0.717) is 24.3 Å². The number of nitrogens with one attached hydrogen (secondary N) is 1. The minimum atomic E-state index is -0.852. The van der Waals surface area contributed by atoms with Gasteiger partial charge in [-0.2, -0.15) is 0 Å². The number of hydrogen-bond donors (Lipinski definition) is 1. The summed E-state index contributed by atoms with van der Waals surface area (Å²) in [6.45, 7) is 3.71. The van der Waals surface area contributed by atoms with Crippen molar-refractivity contribution >= 4 is 11.9 Å². The van der Waals surface area contributed by atoms with Crippen molar-refractivity contribution in [2.45, 2.75) is 82.8 Å². The molecule has 0 spiro atoms. The summed E-state index contributed by atoms with van der Waals surface area (Å²) in [5.74, 6) is 1.09. The molecule has 1 aromatic rings. The number of hydrogen-bond acceptors (Lipinski definition) is 3. The van der Waals surface area contributed by atoms with E-state index in [1.807, 2.05) is 0 Å². The summed E-state index contributed by atoms with van der Waals surface area (Å²) >= 11 is 0. The first-order valence-electron chi connectivity index (χ1n) is 11.2. The molecule has 1 aromatic carbocycles. The van der Waals surface area contributed by atoms with E-state index in [0.717, 1.165) is 24.7 Å². The van der Waals surface area contributed by atoms with Crippen LogP contribution >= 0.6 is 0 Å². The van der Waals surface area contributed by atoms with E-state index in [1.165, 1.54) is 37.8 Å². The second-order valence-electron chi connectivity index (χ2n) is 9.48. The molecule has 158 valence electrons. The van der Waals surface area contributed by atoms with Gasteiger partial charge in [0.1, 0.15) is 5.82 Å². The number of carbonyl (C=O) groups is 2. The zero-order valence-corrected chi connectivity index (χ0v) is 17.5. The Balaban J connectivity index is 1.39. The number of amides is 1. The van der Waals surface area contributed by atoms with Gasteiger partial charge in [-0.3, -0.25) is 9.59 Å². The monoisotopic (exact) mass is 401 g/mol. The average Bonchev–Trinajstić information content (AvgIpc) is 3.44. The first-order chi connectivity index (χ1) is 13.9. The first-order valence-corrected chi connectivity index (χ1v) is 11.2. The van der Waals surface area contributed by atoms with Crippen LogP contribution < -0.4 is 5.32 Å². The molecule has 0 unspecified atom stereocenters. The number of benzene rings is 1. The first kappa shape index (κ1) is 20.4. The van der Waals surface area contributed by atoms with Crippen molar-refractivity contribution in [2.24, 2.45) is 17.8 Å². The zero-order valence-electron chi connectivity index (χ0n) is 17.5.